The van der Waals surface area contributed by atoms with Crippen molar-refractivity contribution in [2.24, 2.45) is 10.2 Å². The standard InChI is InChI=1S/C13H20N6O/c1-13(2,3)17-12-15-9-6-14-18-10(9)11(16-12)19-5-4-8(20)7-19/h8,20H,4-7H2,1-3H3,(H,15,16,17)/t8-/m0/s1. The van der Waals surface area contributed by atoms with Crippen LogP contribution in [0.2, 0.25) is 0 Å². The second-order valence-corrected chi connectivity index (χ2v) is 6.33. The molecule has 3 heterocycles. The normalized spacial score (nSPS) is 21.4. The van der Waals surface area contributed by atoms with Crippen molar-refractivity contribution < 1.29 is 5.11 Å². The van der Waals surface area contributed by atoms with Crippen molar-refractivity contribution in [3.63, 3.8) is 0 Å². The Bertz CT molecular complexity index is 551. The van der Waals surface area contributed by atoms with E-state index >= 15 is 0 Å². The van der Waals surface area contributed by atoms with Gasteiger partial charge in [-0.25, -0.2) is 4.98 Å². The van der Waals surface area contributed by atoms with Crippen LogP contribution in [0.1, 0.15) is 32.9 Å². The Morgan fingerprint density at radius 3 is 2.75 bits per heavy atom. The van der Waals surface area contributed by atoms with E-state index in [4.69, 9.17) is 0 Å². The number of hydrogen-bond acceptors (Lipinski definition) is 7. The van der Waals surface area contributed by atoms with Crippen LogP contribution in [0.4, 0.5) is 17.5 Å². The Hall–Kier alpha value is -1.76. The lowest BCUT2D eigenvalue weighted by Crippen LogP contribution is -2.29. The van der Waals surface area contributed by atoms with E-state index in [1.807, 2.05) is 0 Å². The van der Waals surface area contributed by atoms with Gasteiger partial charge in [-0.15, -0.1) is 5.11 Å². The van der Waals surface area contributed by atoms with Crippen LogP contribution in [0.15, 0.2) is 10.2 Å². The van der Waals surface area contributed by atoms with E-state index in [0.29, 0.717) is 19.0 Å². The number of rotatable bonds is 2. The minimum atomic E-state index is -0.294. The summed E-state index contributed by atoms with van der Waals surface area (Å²) in [5.41, 5.74) is 1.49. The molecule has 20 heavy (non-hydrogen) atoms. The highest BCUT2D eigenvalue weighted by molar-refractivity contribution is 5.68. The molecule has 0 bridgehead atoms. The second-order valence-electron chi connectivity index (χ2n) is 6.33. The van der Waals surface area contributed by atoms with Gasteiger partial charge in [0.1, 0.15) is 6.54 Å². The van der Waals surface area contributed by atoms with Gasteiger partial charge in [0, 0.05) is 18.6 Å². The molecular formula is C13H20N6O. The first-order chi connectivity index (χ1) is 9.42. The maximum Gasteiger partial charge on any atom is 0.225 e. The fourth-order valence-corrected chi connectivity index (χ4v) is 2.42. The first-order valence-electron chi connectivity index (χ1n) is 6.92. The number of aliphatic hydroxyl groups excluding tert-OH is 1. The van der Waals surface area contributed by atoms with E-state index in [-0.39, 0.29) is 11.6 Å². The van der Waals surface area contributed by atoms with E-state index in [9.17, 15) is 5.11 Å². The highest BCUT2D eigenvalue weighted by Gasteiger charge is 2.28. The molecule has 1 aromatic rings. The molecule has 1 atom stereocenters. The molecule has 0 aliphatic carbocycles. The lowest BCUT2D eigenvalue weighted by molar-refractivity contribution is 0.198. The molecule has 1 saturated heterocycles. The van der Waals surface area contributed by atoms with Crippen molar-refractivity contribution in [2.45, 2.75) is 45.4 Å². The van der Waals surface area contributed by atoms with Crippen LogP contribution >= 0.6 is 0 Å². The Morgan fingerprint density at radius 1 is 1.30 bits per heavy atom. The first-order valence-corrected chi connectivity index (χ1v) is 6.92. The molecule has 0 aromatic carbocycles. The van der Waals surface area contributed by atoms with E-state index in [1.165, 1.54) is 0 Å². The second kappa shape index (κ2) is 4.66. The summed E-state index contributed by atoms with van der Waals surface area (Å²) in [7, 11) is 0. The largest absolute Gasteiger partial charge is 0.391 e. The van der Waals surface area contributed by atoms with Gasteiger partial charge in [0.05, 0.1) is 11.8 Å². The van der Waals surface area contributed by atoms with Gasteiger partial charge in [-0.1, -0.05) is 0 Å². The lowest BCUT2D eigenvalue weighted by Gasteiger charge is -2.23. The topological polar surface area (TPSA) is 86.0 Å². The van der Waals surface area contributed by atoms with Crippen LogP contribution in [0.5, 0.6) is 0 Å². The first kappa shape index (κ1) is 13.2. The minimum Gasteiger partial charge on any atom is -0.391 e. The number of aliphatic hydroxyl groups is 1. The Labute approximate surface area is 118 Å². The van der Waals surface area contributed by atoms with Crippen molar-refractivity contribution in [3.8, 4) is 0 Å². The van der Waals surface area contributed by atoms with Gasteiger partial charge in [-0.05, 0) is 27.2 Å². The van der Waals surface area contributed by atoms with Crippen LogP contribution in [-0.4, -0.2) is 39.8 Å². The molecule has 0 radical (unpaired) electrons. The third-order valence-electron chi connectivity index (χ3n) is 3.28. The van der Waals surface area contributed by atoms with Crippen LogP contribution in [0, 0.1) is 0 Å². The lowest BCUT2D eigenvalue weighted by atomic mass is 10.1. The molecule has 3 rings (SSSR count). The average Bonchev–Trinajstić information content (AvgIpc) is 2.94. The molecule has 108 valence electrons. The fourth-order valence-electron chi connectivity index (χ4n) is 2.42. The molecule has 0 unspecified atom stereocenters. The molecule has 7 heteroatoms. The number of hydrogen-bond donors (Lipinski definition) is 2. The van der Waals surface area contributed by atoms with Crippen LogP contribution < -0.4 is 10.2 Å². The number of nitrogens with one attached hydrogen (secondary N) is 1. The maximum absolute atomic E-state index is 9.71. The van der Waals surface area contributed by atoms with Gasteiger partial charge >= 0.3 is 0 Å². The molecule has 2 aliphatic heterocycles. The van der Waals surface area contributed by atoms with Crippen LogP contribution in [0.25, 0.3) is 0 Å². The highest BCUT2D eigenvalue weighted by Crippen LogP contribution is 2.37. The Kier molecular flexibility index (Phi) is 3.08. The van der Waals surface area contributed by atoms with Gasteiger partial charge in [0.15, 0.2) is 11.5 Å². The summed E-state index contributed by atoms with van der Waals surface area (Å²) >= 11 is 0. The Balaban J connectivity index is 1.97. The van der Waals surface area contributed by atoms with E-state index in [1.54, 1.807) is 0 Å². The molecule has 0 amide bonds. The van der Waals surface area contributed by atoms with Gasteiger partial charge < -0.3 is 15.3 Å². The monoisotopic (exact) mass is 276 g/mol. The van der Waals surface area contributed by atoms with Crippen molar-refractivity contribution >= 4 is 17.5 Å². The number of azo groups is 1. The summed E-state index contributed by atoms with van der Waals surface area (Å²) < 4.78 is 0. The smallest absolute Gasteiger partial charge is 0.225 e. The number of anilines is 2. The van der Waals surface area contributed by atoms with Gasteiger partial charge in [-0.3, -0.25) is 0 Å². The van der Waals surface area contributed by atoms with Crippen molar-refractivity contribution in [3.05, 3.63) is 5.69 Å². The zero-order chi connectivity index (χ0) is 14.3. The van der Waals surface area contributed by atoms with E-state index < -0.39 is 0 Å². The molecule has 7 nitrogen and oxygen atoms in total. The zero-order valence-corrected chi connectivity index (χ0v) is 12.1. The number of fused-ring (bicyclic) bond motifs is 1. The van der Waals surface area contributed by atoms with Gasteiger partial charge in [0.2, 0.25) is 5.95 Å². The summed E-state index contributed by atoms with van der Waals surface area (Å²) in [6.45, 7) is 8.08. The molecule has 1 fully saturated rings. The predicted molar refractivity (Wildman–Crippen MR) is 76.5 cm³/mol. The summed E-state index contributed by atoms with van der Waals surface area (Å²) in [6.07, 6.45) is 0.468. The molecule has 0 saturated carbocycles. The summed E-state index contributed by atoms with van der Waals surface area (Å²) in [6, 6.07) is 0. The Morgan fingerprint density at radius 2 is 2.10 bits per heavy atom. The molecule has 2 aliphatic rings. The van der Waals surface area contributed by atoms with Crippen molar-refractivity contribution in [1.82, 2.24) is 9.97 Å². The number of nitrogens with zero attached hydrogens (tertiary/aromatic N) is 5. The van der Waals surface area contributed by atoms with E-state index in [2.05, 4.69) is 51.2 Å². The van der Waals surface area contributed by atoms with Crippen LogP contribution in [0.3, 0.4) is 0 Å². The fraction of sp³-hybridized carbons (Fsp3) is 0.692. The zero-order valence-electron chi connectivity index (χ0n) is 12.1. The quantitative estimate of drug-likeness (QED) is 0.861. The highest BCUT2D eigenvalue weighted by atomic mass is 16.3. The summed E-state index contributed by atoms with van der Waals surface area (Å²) in [5.74, 6) is 1.37. The molecule has 1 aromatic heterocycles. The maximum atomic E-state index is 9.71. The molecule has 2 N–H and O–H groups in total. The average molecular weight is 276 g/mol. The third kappa shape index (κ3) is 2.58. The van der Waals surface area contributed by atoms with Crippen LogP contribution in [-0.2, 0) is 6.54 Å². The van der Waals surface area contributed by atoms with Crippen molar-refractivity contribution in [2.75, 3.05) is 23.3 Å². The van der Waals surface area contributed by atoms with E-state index in [0.717, 1.165) is 30.2 Å². The SMILES string of the molecule is CC(C)(C)Nc1nc2c(c(N3CC[C@H](O)C3)n1)N=NC2. The van der Waals surface area contributed by atoms with Gasteiger partial charge in [0.25, 0.3) is 0 Å². The number of aromatic nitrogens is 2. The molecule has 0 spiro atoms. The minimum absolute atomic E-state index is 0.108. The summed E-state index contributed by atoms with van der Waals surface area (Å²) in [4.78, 5) is 11.1. The summed E-state index contributed by atoms with van der Waals surface area (Å²) in [5, 5.41) is 21.2. The van der Waals surface area contributed by atoms with Gasteiger partial charge in [-0.2, -0.15) is 10.1 Å². The predicted octanol–water partition coefficient (Wildman–Crippen LogP) is 1.86. The third-order valence-corrected chi connectivity index (χ3v) is 3.28. The molecular weight excluding hydrogens is 256 g/mol. The van der Waals surface area contributed by atoms with Crippen molar-refractivity contribution in [1.29, 1.82) is 0 Å². The number of β-amino-alcohol motifs (C(OH)–C–C–N with tert-alkyl or cyclic N) is 1.